The molecule has 0 saturated heterocycles. The third-order valence-electron chi connectivity index (χ3n) is 2.72. The summed E-state index contributed by atoms with van der Waals surface area (Å²) >= 11 is 0. The molecular formula is C12H14N4O3S. The Bertz CT molecular complexity index is 710. The molecule has 20 heavy (non-hydrogen) atoms. The molecule has 0 aliphatic carbocycles. The first-order valence-corrected chi connectivity index (χ1v) is 7.73. The summed E-state index contributed by atoms with van der Waals surface area (Å²) in [6.45, 7) is 1.75. The second-order valence-electron chi connectivity index (χ2n) is 4.37. The highest BCUT2D eigenvalue weighted by molar-refractivity contribution is 7.90. The molecule has 0 fully saturated rings. The fraction of sp³-hybridized carbons (Fsp3) is 0.250. The van der Waals surface area contributed by atoms with Crippen LogP contribution >= 0.6 is 0 Å². The van der Waals surface area contributed by atoms with Gasteiger partial charge in [-0.3, -0.25) is 9.89 Å². The monoisotopic (exact) mass is 294 g/mol. The Hall–Kier alpha value is -2.22. The maximum absolute atomic E-state index is 12.1. The fourth-order valence-corrected chi connectivity index (χ4v) is 2.31. The molecule has 1 aromatic heterocycles. The molecule has 0 spiro atoms. The summed E-state index contributed by atoms with van der Waals surface area (Å²) in [5, 5.41) is 9.07. The molecule has 106 valence electrons. The molecular weight excluding hydrogens is 280 g/mol. The number of sulfone groups is 1. The van der Waals surface area contributed by atoms with Crippen LogP contribution < -0.4 is 5.32 Å². The molecule has 0 saturated carbocycles. The molecule has 1 aromatic carbocycles. The van der Waals surface area contributed by atoms with Gasteiger partial charge in [-0.25, -0.2) is 13.4 Å². The van der Waals surface area contributed by atoms with Gasteiger partial charge in [-0.1, -0.05) is 6.07 Å². The Balaban J connectivity index is 2.18. The lowest BCUT2D eigenvalue weighted by Crippen LogP contribution is -2.27. The van der Waals surface area contributed by atoms with E-state index in [4.69, 9.17) is 0 Å². The Kier molecular flexibility index (Phi) is 3.84. The van der Waals surface area contributed by atoms with Crippen molar-refractivity contribution in [1.82, 2.24) is 20.5 Å². The normalized spacial score (nSPS) is 12.9. The maximum Gasteiger partial charge on any atom is 0.251 e. The van der Waals surface area contributed by atoms with Crippen LogP contribution in [0.3, 0.4) is 0 Å². The number of aromatic amines is 1. The second-order valence-corrected chi connectivity index (χ2v) is 6.38. The Morgan fingerprint density at radius 2 is 2.15 bits per heavy atom. The summed E-state index contributed by atoms with van der Waals surface area (Å²) in [6, 6.07) is 5.53. The number of benzene rings is 1. The zero-order chi connectivity index (χ0) is 14.8. The van der Waals surface area contributed by atoms with Gasteiger partial charge in [0, 0.05) is 11.8 Å². The molecule has 1 atom stereocenters. The van der Waals surface area contributed by atoms with Crippen molar-refractivity contribution >= 4 is 15.7 Å². The summed E-state index contributed by atoms with van der Waals surface area (Å²) in [4.78, 5) is 16.1. The molecule has 0 aliphatic rings. The number of rotatable bonds is 4. The van der Waals surface area contributed by atoms with Crippen molar-refractivity contribution in [3.63, 3.8) is 0 Å². The minimum atomic E-state index is -3.34. The standard InChI is InChI=1S/C12H14N4O3S/c1-8(11-13-7-14-16-11)15-12(17)9-4-3-5-10(6-9)20(2,18)19/h3-8H,1-2H3,(H,15,17)(H,13,14,16). The van der Waals surface area contributed by atoms with Crippen LogP contribution in [0, 0.1) is 0 Å². The average molecular weight is 294 g/mol. The average Bonchev–Trinajstić information content (AvgIpc) is 2.91. The SMILES string of the molecule is CC(NC(=O)c1cccc(S(C)(=O)=O)c1)c1ncn[nH]1. The van der Waals surface area contributed by atoms with Gasteiger partial charge in [0.25, 0.3) is 5.91 Å². The minimum absolute atomic E-state index is 0.109. The minimum Gasteiger partial charge on any atom is -0.342 e. The van der Waals surface area contributed by atoms with Crippen LogP contribution in [-0.4, -0.2) is 35.8 Å². The van der Waals surface area contributed by atoms with Crippen LogP contribution in [0.15, 0.2) is 35.5 Å². The number of carbonyl (C=O) groups is 1. The molecule has 1 heterocycles. The van der Waals surface area contributed by atoms with E-state index in [-0.39, 0.29) is 22.4 Å². The van der Waals surface area contributed by atoms with Crippen LogP contribution in [-0.2, 0) is 9.84 Å². The van der Waals surface area contributed by atoms with E-state index >= 15 is 0 Å². The van der Waals surface area contributed by atoms with E-state index in [0.717, 1.165) is 6.26 Å². The number of nitrogens with one attached hydrogen (secondary N) is 2. The van der Waals surface area contributed by atoms with E-state index in [0.29, 0.717) is 5.82 Å². The van der Waals surface area contributed by atoms with E-state index in [1.807, 2.05) is 0 Å². The Morgan fingerprint density at radius 3 is 2.75 bits per heavy atom. The molecule has 2 rings (SSSR count). The van der Waals surface area contributed by atoms with Crippen molar-refractivity contribution in [3.05, 3.63) is 42.0 Å². The number of hydrogen-bond acceptors (Lipinski definition) is 5. The number of nitrogens with zero attached hydrogens (tertiary/aromatic N) is 2. The van der Waals surface area contributed by atoms with Crippen molar-refractivity contribution in [3.8, 4) is 0 Å². The van der Waals surface area contributed by atoms with Crippen molar-refractivity contribution in [1.29, 1.82) is 0 Å². The van der Waals surface area contributed by atoms with Crippen molar-refractivity contribution in [2.45, 2.75) is 17.9 Å². The van der Waals surface area contributed by atoms with Crippen LogP contribution in [0.25, 0.3) is 0 Å². The lowest BCUT2D eigenvalue weighted by Gasteiger charge is -2.11. The highest BCUT2D eigenvalue weighted by Gasteiger charge is 2.15. The summed E-state index contributed by atoms with van der Waals surface area (Å²) in [5.41, 5.74) is 0.277. The van der Waals surface area contributed by atoms with Gasteiger partial charge in [0.15, 0.2) is 9.84 Å². The Labute approximate surface area is 116 Å². The van der Waals surface area contributed by atoms with Gasteiger partial charge in [0.1, 0.15) is 12.2 Å². The van der Waals surface area contributed by atoms with Gasteiger partial charge >= 0.3 is 0 Å². The maximum atomic E-state index is 12.1. The number of hydrogen-bond donors (Lipinski definition) is 2. The predicted octanol–water partition coefficient (Wildman–Crippen LogP) is 0.699. The van der Waals surface area contributed by atoms with Gasteiger partial charge in [-0.15, -0.1) is 0 Å². The van der Waals surface area contributed by atoms with E-state index in [1.165, 1.54) is 24.5 Å². The number of H-pyrrole nitrogens is 1. The fourth-order valence-electron chi connectivity index (χ4n) is 1.64. The van der Waals surface area contributed by atoms with Crippen molar-refractivity contribution < 1.29 is 13.2 Å². The third kappa shape index (κ3) is 3.21. The summed E-state index contributed by atoms with van der Waals surface area (Å²) < 4.78 is 22.9. The molecule has 1 unspecified atom stereocenters. The largest absolute Gasteiger partial charge is 0.342 e. The Morgan fingerprint density at radius 1 is 1.40 bits per heavy atom. The predicted molar refractivity (Wildman–Crippen MR) is 71.8 cm³/mol. The van der Waals surface area contributed by atoms with Crippen LogP contribution in [0.1, 0.15) is 29.1 Å². The lowest BCUT2D eigenvalue weighted by molar-refractivity contribution is 0.0938. The van der Waals surface area contributed by atoms with Crippen molar-refractivity contribution in [2.75, 3.05) is 6.26 Å². The zero-order valence-corrected chi connectivity index (χ0v) is 11.8. The highest BCUT2D eigenvalue weighted by Crippen LogP contribution is 2.13. The van der Waals surface area contributed by atoms with E-state index in [9.17, 15) is 13.2 Å². The number of aromatic nitrogens is 3. The highest BCUT2D eigenvalue weighted by atomic mass is 32.2. The summed E-state index contributed by atoms with van der Waals surface area (Å²) in [6.07, 6.45) is 2.45. The number of amides is 1. The molecule has 7 nitrogen and oxygen atoms in total. The van der Waals surface area contributed by atoms with Gasteiger partial charge < -0.3 is 5.32 Å². The van der Waals surface area contributed by atoms with Crippen LogP contribution in [0.5, 0.6) is 0 Å². The van der Waals surface area contributed by atoms with Crippen molar-refractivity contribution in [2.24, 2.45) is 0 Å². The quantitative estimate of drug-likeness (QED) is 0.863. The van der Waals surface area contributed by atoms with Gasteiger partial charge in [-0.05, 0) is 25.1 Å². The van der Waals surface area contributed by atoms with E-state index < -0.39 is 9.84 Å². The first-order chi connectivity index (χ1) is 9.38. The van der Waals surface area contributed by atoms with E-state index in [1.54, 1.807) is 13.0 Å². The second kappa shape index (κ2) is 5.41. The van der Waals surface area contributed by atoms with Gasteiger partial charge in [0.05, 0.1) is 10.9 Å². The molecule has 2 N–H and O–H groups in total. The first-order valence-electron chi connectivity index (χ1n) is 5.84. The number of carbonyl (C=O) groups excluding carboxylic acids is 1. The molecule has 0 bridgehead atoms. The molecule has 8 heteroatoms. The van der Waals surface area contributed by atoms with Gasteiger partial charge in [0.2, 0.25) is 0 Å². The first kappa shape index (κ1) is 14.2. The molecule has 2 aromatic rings. The van der Waals surface area contributed by atoms with Gasteiger partial charge in [-0.2, -0.15) is 5.10 Å². The molecule has 0 aliphatic heterocycles. The summed E-state index contributed by atoms with van der Waals surface area (Å²) in [7, 11) is -3.34. The lowest BCUT2D eigenvalue weighted by atomic mass is 10.2. The third-order valence-corrected chi connectivity index (χ3v) is 3.83. The van der Waals surface area contributed by atoms with Crippen LogP contribution in [0.2, 0.25) is 0 Å². The molecule has 0 radical (unpaired) electrons. The molecule has 1 amide bonds. The smallest absolute Gasteiger partial charge is 0.251 e. The zero-order valence-electron chi connectivity index (χ0n) is 11.0. The van der Waals surface area contributed by atoms with E-state index in [2.05, 4.69) is 20.5 Å². The van der Waals surface area contributed by atoms with Crippen LogP contribution in [0.4, 0.5) is 0 Å². The summed E-state index contributed by atoms with van der Waals surface area (Å²) in [5.74, 6) is 0.150. The topological polar surface area (TPSA) is 105 Å².